The summed E-state index contributed by atoms with van der Waals surface area (Å²) in [7, 11) is 0. The molecule has 0 spiro atoms. The molecule has 0 atom stereocenters. The van der Waals surface area contributed by atoms with Gasteiger partial charge in [0.25, 0.3) is 0 Å². The van der Waals surface area contributed by atoms with E-state index in [2.05, 4.69) is 169 Å². The Hall–Kier alpha value is -6.12. The largest absolute Gasteiger partial charge is 0.456 e. The van der Waals surface area contributed by atoms with Crippen molar-refractivity contribution in [2.24, 2.45) is 0 Å². The fourth-order valence-corrected chi connectivity index (χ4v) is 6.68. The number of para-hydroxylation sites is 2. The molecule has 0 fully saturated rings. The first-order valence-corrected chi connectivity index (χ1v) is 15.7. The van der Waals surface area contributed by atoms with Crippen molar-refractivity contribution >= 4 is 60.5 Å². The zero-order valence-electron chi connectivity index (χ0n) is 25.1. The molecule has 216 valence electrons. The van der Waals surface area contributed by atoms with Gasteiger partial charge in [0.2, 0.25) is 0 Å². The number of anilines is 3. The van der Waals surface area contributed by atoms with Gasteiger partial charge in [-0.25, -0.2) is 0 Å². The third kappa shape index (κ3) is 4.60. The zero-order valence-corrected chi connectivity index (χ0v) is 25.1. The molecule has 46 heavy (non-hydrogen) atoms. The van der Waals surface area contributed by atoms with Crippen LogP contribution in [0.15, 0.2) is 180 Å². The highest BCUT2D eigenvalue weighted by Crippen LogP contribution is 2.40. The van der Waals surface area contributed by atoms with Gasteiger partial charge in [-0.15, -0.1) is 0 Å². The molecular formula is C44H29NO. The molecule has 0 bridgehead atoms. The molecular weight excluding hydrogens is 558 g/mol. The van der Waals surface area contributed by atoms with Crippen LogP contribution in [-0.4, -0.2) is 0 Å². The Labute approximate surface area is 267 Å². The summed E-state index contributed by atoms with van der Waals surface area (Å²) in [5, 5.41) is 7.18. The molecule has 0 saturated carbocycles. The Bertz CT molecular complexity index is 2540. The van der Waals surface area contributed by atoms with Crippen molar-refractivity contribution in [3.63, 3.8) is 0 Å². The molecule has 1 aromatic heterocycles. The van der Waals surface area contributed by atoms with Crippen molar-refractivity contribution in [2.75, 3.05) is 4.90 Å². The summed E-state index contributed by atoms with van der Waals surface area (Å²) in [5.74, 6) is 0. The first-order valence-electron chi connectivity index (χ1n) is 15.7. The number of nitrogens with zero attached hydrogens (tertiary/aromatic N) is 1. The van der Waals surface area contributed by atoms with E-state index in [0.717, 1.165) is 39.0 Å². The first-order chi connectivity index (χ1) is 22.8. The third-order valence-corrected chi connectivity index (χ3v) is 9.00. The standard InChI is InChI=1S/C44H29NO/c1-2-13-38(14-3-1)45(40-23-24-42-41-15-6-7-16-43(41)46-44(42)29-40)39-22-21-31-18-20-36(27-37(31)28-39)34-12-8-11-33(26-34)35-19-17-30-9-4-5-10-32(30)25-35/h1-29H. The van der Waals surface area contributed by atoms with Gasteiger partial charge in [-0.2, -0.15) is 0 Å². The smallest absolute Gasteiger partial charge is 0.137 e. The lowest BCUT2D eigenvalue weighted by molar-refractivity contribution is 0.669. The molecule has 9 rings (SSSR count). The average molecular weight is 588 g/mol. The second kappa shape index (κ2) is 10.8. The van der Waals surface area contributed by atoms with Crippen molar-refractivity contribution in [2.45, 2.75) is 0 Å². The lowest BCUT2D eigenvalue weighted by Gasteiger charge is -2.25. The van der Waals surface area contributed by atoms with Crippen LogP contribution in [0.25, 0.3) is 65.7 Å². The maximum absolute atomic E-state index is 6.29. The van der Waals surface area contributed by atoms with Gasteiger partial charge in [0.1, 0.15) is 11.2 Å². The Morgan fingerprint density at radius 1 is 0.304 bits per heavy atom. The Balaban J connectivity index is 1.13. The molecule has 0 aliphatic heterocycles. The molecule has 0 saturated heterocycles. The number of hydrogen-bond acceptors (Lipinski definition) is 2. The SMILES string of the molecule is c1ccc(N(c2ccc3ccc(-c4cccc(-c5ccc6ccccc6c5)c4)cc3c2)c2ccc3c(c2)oc2ccccc23)cc1. The van der Waals surface area contributed by atoms with Crippen LogP contribution in [0, 0.1) is 0 Å². The first kappa shape index (κ1) is 26.3. The minimum atomic E-state index is 0.883. The van der Waals surface area contributed by atoms with Crippen LogP contribution < -0.4 is 4.90 Å². The molecule has 0 aliphatic rings. The number of benzene rings is 8. The van der Waals surface area contributed by atoms with E-state index in [0.29, 0.717) is 0 Å². The highest BCUT2D eigenvalue weighted by molar-refractivity contribution is 6.06. The number of rotatable bonds is 5. The molecule has 1 heterocycles. The van der Waals surface area contributed by atoms with E-state index in [9.17, 15) is 0 Å². The maximum atomic E-state index is 6.29. The summed E-state index contributed by atoms with van der Waals surface area (Å²) in [6, 6.07) is 62.9. The van der Waals surface area contributed by atoms with Crippen molar-refractivity contribution in [3.05, 3.63) is 176 Å². The maximum Gasteiger partial charge on any atom is 0.137 e. The lowest BCUT2D eigenvalue weighted by atomic mass is 9.96. The molecule has 0 aliphatic carbocycles. The lowest BCUT2D eigenvalue weighted by Crippen LogP contribution is -2.09. The fourth-order valence-electron chi connectivity index (χ4n) is 6.68. The van der Waals surface area contributed by atoms with Gasteiger partial charge in [0.05, 0.1) is 0 Å². The van der Waals surface area contributed by atoms with E-state index < -0.39 is 0 Å². The van der Waals surface area contributed by atoms with Gasteiger partial charge in [-0.3, -0.25) is 0 Å². The number of furan rings is 1. The van der Waals surface area contributed by atoms with Crippen molar-refractivity contribution < 1.29 is 4.42 Å². The molecule has 0 radical (unpaired) electrons. The summed E-state index contributed by atoms with van der Waals surface area (Å²) < 4.78 is 6.29. The van der Waals surface area contributed by atoms with Gasteiger partial charge < -0.3 is 9.32 Å². The van der Waals surface area contributed by atoms with E-state index in [1.807, 2.05) is 12.1 Å². The number of hydrogen-bond donors (Lipinski definition) is 0. The van der Waals surface area contributed by atoms with E-state index in [1.165, 1.54) is 43.8 Å². The normalized spacial score (nSPS) is 11.5. The van der Waals surface area contributed by atoms with Crippen molar-refractivity contribution in [3.8, 4) is 22.3 Å². The summed E-state index contributed by atoms with van der Waals surface area (Å²) in [6.07, 6.45) is 0. The van der Waals surface area contributed by atoms with E-state index in [1.54, 1.807) is 0 Å². The van der Waals surface area contributed by atoms with E-state index in [-0.39, 0.29) is 0 Å². The topological polar surface area (TPSA) is 16.4 Å². The van der Waals surface area contributed by atoms with Gasteiger partial charge in [0, 0.05) is 33.9 Å². The third-order valence-electron chi connectivity index (χ3n) is 9.00. The van der Waals surface area contributed by atoms with Crippen LogP contribution in [-0.2, 0) is 0 Å². The van der Waals surface area contributed by atoms with E-state index in [4.69, 9.17) is 4.42 Å². The highest BCUT2D eigenvalue weighted by Gasteiger charge is 2.16. The molecule has 9 aromatic rings. The summed E-state index contributed by atoms with van der Waals surface area (Å²) in [6.45, 7) is 0. The summed E-state index contributed by atoms with van der Waals surface area (Å²) in [4.78, 5) is 2.30. The minimum absolute atomic E-state index is 0.883. The number of fused-ring (bicyclic) bond motifs is 5. The average Bonchev–Trinajstić information content (AvgIpc) is 3.50. The van der Waals surface area contributed by atoms with Crippen molar-refractivity contribution in [1.82, 2.24) is 0 Å². The fraction of sp³-hybridized carbons (Fsp3) is 0. The van der Waals surface area contributed by atoms with E-state index >= 15 is 0 Å². The monoisotopic (exact) mass is 587 g/mol. The van der Waals surface area contributed by atoms with Gasteiger partial charge in [-0.1, -0.05) is 109 Å². The van der Waals surface area contributed by atoms with Crippen LogP contribution in [0.3, 0.4) is 0 Å². The second-order valence-corrected chi connectivity index (χ2v) is 11.8. The molecule has 0 amide bonds. The quantitative estimate of drug-likeness (QED) is 0.199. The Kier molecular flexibility index (Phi) is 6.17. The molecule has 0 N–H and O–H groups in total. The van der Waals surface area contributed by atoms with Crippen molar-refractivity contribution in [1.29, 1.82) is 0 Å². The minimum Gasteiger partial charge on any atom is -0.456 e. The summed E-state index contributed by atoms with van der Waals surface area (Å²) >= 11 is 0. The van der Waals surface area contributed by atoms with Crippen LogP contribution in [0.4, 0.5) is 17.1 Å². The van der Waals surface area contributed by atoms with Crippen LogP contribution in [0.1, 0.15) is 0 Å². The van der Waals surface area contributed by atoms with Crippen LogP contribution in [0.5, 0.6) is 0 Å². The second-order valence-electron chi connectivity index (χ2n) is 11.8. The zero-order chi connectivity index (χ0) is 30.5. The van der Waals surface area contributed by atoms with Gasteiger partial charge in [0.15, 0.2) is 0 Å². The van der Waals surface area contributed by atoms with Gasteiger partial charge in [-0.05, 0) is 104 Å². The predicted molar refractivity (Wildman–Crippen MR) is 194 cm³/mol. The molecule has 8 aromatic carbocycles. The molecule has 2 heteroatoms. The molecule has 0 unspecified atom stereocenters. The van der Waals surface area contributed by atoms with Crippen LogP contribution in [0.2, 0.25) is 0 Å². The van der Waals surface area contributed by atoms with Gasteiger partial charge >= 0.3 is 0 Å². The summed E-state index contributed by atoms with van der Waals surface area (Å²) in [5.41, 5.74) is 9.87. The Morgan fingerprint density at radius 3 is 1.72 bits per heavy atom. The predicted octanol–water partition coefficient (Wildman–Crippen LogP) is 12.7. The highest BCUT2D eigenvalue weighted by atomic mass is 16.3. The Morgan fingerprint density at radius 2 is 0.891 bits per heavy atom. The molecule has 2 nitrogen and oxygen atoms in total. The van der Waals surface area contributed by atoms with Crippen LogP contribution >= 0.6 is 0 Å².